The molecule has 0 saturated carbocycles. The zero-order valence-electron chi connectivity index (χ0n) is 12.8. The minimum Gasteiger partial charge on any atom is -0.423 e. The summed E-state index contributed by atoms with van der Waals surface area (Å²) in [5.74, 6) is 0. The average molecular weight is 380 g/mol. The van der Waals surface area contributed by atoms with Crippen molar-refractivity contribution in [2.75, 3.05) is 0 Å². The molecule has 2 aromatic carbocycles. The Bertz CT molecular complexity index is 623. The van der Waals surface area contributed by atoms with Crippen molar-refractivity contribution < 1.29 is 46.4 Å². The minimum absolute atomic E-state index is 0.0352. The summed E-state index contributed by atoms with van der Waals surface area (Å²) in [5.41, 5.74) is -1.55. The van der Waals surface area contributed by atoms with Gasteiger partial charge in [-0.1, -0.05) is 48.5 Å². The fourth-order valence-electron chi connectivity index (χ4n) is 1.69. The van der Waals surface area contributed by atoms with E-state index in [-0.39, 0.29) is 10.9 Å². The van der Waals surface area contributed by atoms with E-state index in [0.29, 0.717) is 0 Å². The number of benzene rings is 2. The summed E-state index contributed by atoms with van der Waals surface area (Å²) in [5, 5.41) is 34.4. The summed E-state index contributed by atoms with van der Waals surface area (Å²) >= 11 is 0. The van der Waals surface area contributed by atoms with Gasteiger partial charge in [0.25, 0.3) is 0 Å². The number of alkyl halides is 6. The van der Waals surface area contributed by atoms with E-state index in [1.165, 1.54) is 0 Å². The molecule has 2 rings (SSSR count). The molecule has 0 radical (unpaired) electrons. The summed E-state index contributed by atoms with van der Waals surface area (Å²) in [6.45, 7) is 0. The fourth-order valence-corrected chi connectivity index (χ4v) is 1.69. The Balaban J connectivity index is 0.000000260. The van der Waals surface area contributed by atoms with E-state index < -0.39 is 37.7 Å². The minimum atomic E-state index is -4.39. The van der Waals surface area contributed by atoms with E-state index in [4.69, 9.17) is 20.1 Å². The predicted molar refractivity (Wildman–Crippen MR) is 82.5 cm³/mol. The van der Waals surface area contributed by atoms with E-state index in [0.717, 1.165) is 48.5 Å². The van der Waals surface area contributed by atoms with Crippen LogP contribution in [0.3, 0.4) is 0 Å². The number of hydrogen-bond donors (Lipinski definition) is 4. The fraction of sp³-hybridized carbons (Fsp3) is 0.143. The van der Waals surface area contributed by atoms with Crippen LogP contribution in [0.4, 0.5) is 26.3 Å². The number of halogens is 6. The Labute approximate surface area is 144 Å². The van der Waals surface area contributed by atoms with Gasteiger partial charge < -0.3 is 20.1 Å². The molecule has 0 saturated heterocycles. The first kappa shape index (κ1) is 22.0. The van der Waals surface area contributed by atoms with Gasteiger partial charge in [-0.05, 0) is 10.9 Å². The molecule has 0 aliphatic carbocycles. The van der Waals surface area contributed by atoms with Crippen LogP contribution >= 0.6 is 0 Å². The molecule has 26 heavy (non-hydrogen) atoms. The topological polar surface area (TPSA) is 80.9 Å². The molecule has 12 heteroatoms. The van der Waals surface area contributed by atoms with Crippen LogP contribution < -0.4 is 10.9 Å². The van der Waals surface area contributed by atoms with E-state index in [9.17, 15) is 26.3 Å². The van der Waals surface area contributed by atoms with E-state index in [1.807, 2.05) is 0 Å². The Hall–Kier alpha value is -2.01. The molecule has 0 atom stereocenters. The quantitative estimate of drug-likeness (QED) is 0.459. The second-order valence-electron chi connectivity index (χ2n) is 4.99. The summed E-state index contributed by atoms with van der Waals surface area (Å²) in [7, 11) is -3.47. The van der Waals surface area contributed by atoms with Crippen molar-refractivity contribution in [1.29, 1.82) is 0 Å². The number of rotatable bonds is 2. The van der Waals surface area contributed by atoms with Gasteiger partial charge in [0.15, 0.2) is 0 Å². The monoisotopic (exact) mass is 380 g/mol. The van der Waals surface area contributed by atoms with Crippen molar-refractivity contribution in [2.45, 2.75) is 12.4 Å². The molecule has 140 valence electrons. The van der Waals surface area contributed by atoms with Crippen molar-refractivity contribution in [2.24, 2.45) is 0 Å². The largest absolute Gasteiger partial charge is 0.488 e. The van der Waals surface area contributed by atoms with Crippen molar-refractivity contribution in [3.63, 3.8) is 0 Å². The molecule has 0 fully saturated rings. The first-order valence-electron chi connectivity index (χ1n) is 6.89. The van der Waals surface area contributed by atoms with Crippen LogP contribution in [0, 0.1) is 0 Å². The second-order valence-corrected chi connectivity index (χ2v) is 4.99. The molecule has 4 nitrogen and oxygen atoms in total. The van der Waals surface area contributed by atoms with Crippen LogP contribution in [0.15, 0.2) is 48.5 Å². The van der Waals surface area contributed by atoms with E-state index in [2.05, 4.69) is 0 Å². The highest BCUT2D eigenvalue weighted by molar-refractivity contribution is 6.58. The van der Waals surface area contributed by atoms with Crippen LogP contribution in [0.5, 0.6) is 0 Å². The zero-order valence-corrected chi connectivity index (χ0v) is 12.8. The molecule has 0 spiro atoms. The first-order valence-corrected chi connectivity index (χ1v) is 6.89. The lowest BCUT2D eigenvalue weighted by Crippen LogP contribution is -2.29. The molecule has 4 N–H and O–H groups in total. The maximum Gasteiger partial charge on any atom is 0.488 e. The molecular formula is C14H12B2F6O4. The maximum atomic E-state index is 12.0. The van der Waals surface area contributed by atoms with Gasteiger partial charge in [-0.3, -0.25) is 0 Å². The third-order valence-corrected chi connectivity index (χ3v) is 3.07. The Morgan fingerprint density at radius 2 is 0.731 bits per heavy atom. The van der Waals surface area contributed by atoms with Crippen molar-refractivity contribution in [3.05, 3.63) is 59.7 Å². The number of hydrogen-bond acceptors (Lipinski definition) is 4. The lowest BCUT2D eigenvalue weighted by atomic mass is 9.80. The van der Waals surface area contributed by atoms with Gasteiger partial charge in [0.2, 0.25) is 0 Å². The first-order chi connectivity index (χ1) is 11.8. The normalized spacial score (nSPS) is 11.5. The average Bonchev–Trinajstić information content (AvgIpc) is 2.54. The Morgan fingerprint density at radius 1 is 0.500 bits per heavy atom. The molecular weight excluding hydrogens is 368 g/mol. The van der Waals surface area contributed by atoms with Crippen molar-refractivity contribution in [3.8, 4) is 0 Å². The Morgan fingerprint density at radius 3 is 0.885 bits per heavy atom. The van der Waals surface area contributed by atoms with Crippen LogP contribution in [0.1, 0.15) is 11.1 Å². The second kappa shape index (κ2) is 8.58. The zero-order chi connectivity index (χ0) is 20.1. The van der Waals surface area contributed by atoms with E-state index >= 15 is 0 Å². The van der Waals surface area contributed by atoms with Crippen LogP contribution in [-0.2, 0) is 12.4 Å². The van der Waals surface area contributed by atoms with Crippen LogP contribution in [0.2, 0.25) is 0 Å². The molecule has 0 heterocycles. The third-order valence-electron chi connectivity index (χ3n) is 3.07. The van der Waals surface area contributed by atoms with E-state index in [1.54, 1.807) is 0 Å². The van der Waals surface area contributed by atoms with Crippen molar-refractivity contribution in [1.82, 2.24) is 0 Å². The van der Waals surface area contributed by atoms with Crippen molar-refractivity contribution >= 4 is 25.2 Å². The van der Waals surface area contributed by atoms with Gasteiger partial charge in [0.1, 0.15) is 0 Å². The van der Waals surface area contributed by atoms with Gasteiger partial charge >= 0.3 is 26.6 Å². The highest BCUT2D eigenvalue weighted by Crippen LogP contribution is 2.28. The standard InChI is InChI=1S/2C7H6BF3O2/c2*9-7(10,11)5-1-3-6(4-2-5)8(12)13/h2*1-4,12-13H. The highest BCUT2D eigenvalue weighted by Gasteiger charge is 2.31. The third kappa shape index (κ3) is 6.71. The van der Waals surface area contributed by atoms with Gasteiger partial charge in [-0.2, -0.15) is 26.3 Å². The predicted octanol–water partition coefficient (Wildman–Crippen LogP) is 0.770. The smallest absolute Gasteiger partial charge is 0.423 e. The molecule has 0 aliphatic heterocycles. The molecule has 0 unspecified atom stereocenters. The summed E-state index contributed by atoms with van der Waals surface area (Å²) in [6.07, 6.45) is -8.78. The highest BCUT2D eigenvalue weighted by atomic mass is 19.4. The van der Waals surface area contributed by atoms with Gasteiger partial charge in [0, 0.05) is 0 Å². The summed E-state index contributed by atoms with van der Waals surface area (Å²) in [4.78, 5) is 0. The lowest BCUT2D eigenvalue weighted by Gasteiger charge is -2.06. The maximum absolute atomic E-state index is 12.0. The SMILES string of the molecule is OB(O)c1ccc(C(F)(F)F)cc1.OB(O)c1ccc(C(F)(F)F)cc1. The lowest BCUT2D eigenvalue weighted by molar-refractivity contribution is -0.138. The molecule has 2 aromatic rings. The Kier molecular flexibility index (Phi) is 7.27. The van der Waals surface area contributed by atoms with Crippen LogP contribution in [-0.4, -0.2) is 34.3 Å². The van der Waals surface area contributed by atoms with Gasteiger partial charge in [-0.25, -0.2) is 0 Å². The summed E-state index contributed by atoms with van der Waals surface area (Å²) in [6, 6.07) is 7.29. The van der Waals surface area contributed by atoms with Gasteiger partial charge in [-0.15, -0.1) is 0 Å². The summed E-state index contributed by atoms with van der Waals surface area (Å²) < 4.78 is 72.0. The molecule has 0 bridgehead atoms. The molecule has 0 amide bonds. The van der Waals surface area contributed by atoms with Crippen LogP contribution in [0.25, 0.3) is 0 Å². The molecule has 0 aliphatic rings. The molecule has 0 aromatic heterocycles. The van der Waals surface area contributed by atoms with Gasteiger partial charge in [0.05, 0.1) is 11.1 Å².